The molecule has 0 spiro atoms. The van der Waals surface area contributed by atoms with E-state index in [1.165, 1.54) is 65.3 Å². The minimum atomic E-state index is -0.0609. The fourth-order valence-electron chi connectivity index (χ4n) is 7.79. The van der Waals surface area contributed by atoms with E-state index in [9.17, 15) is 0 Å². The van der Waals surface area contributed by atoms with Crippen LogP contribution in [0.4, 0.5) is 17.1 Å². The molecular formula is C43H31N. The lowest BCUT2D eigenvalue weighted by atomic mass is 9.79. The van der Waals surface area contributed by atoms with Crippen molar-refractivity contribution in [1.29, 1.82) is 0 Å². The maximum absolute atomic E-state index is 2.38. The van der Waals surface area contributed by atoms with Gasteiger partial charge < -0.3 is 4.90 Å². The average molecular weight is 562 g/mol. The summed E-state index contributed by atoms with van der Waals surface area (Å²) in [5, 5.41) is 10.4. The lowest BCUT2D eigenvalue weighted by Gasteiger charge is -2.26. The van der Waals surface area contributed by atoms with Crippen LogP contribution in [0.25, 0.3) is 54.2 Å². The molecule has 0 heterocycles. The second kappa shape index (κ2) is 9.30. The van der Waals surface area contributed by atoms with Crippen LogP contribution in [0.15, 0.2) is 152 Å². The Hall–Kier alpha value is -5.40. The van der Waals surface area contributed by atoms with Crippen LogP contribution >= 0.6 is 0 Å². The molecule has 0 amide bonds. The molecule has 0 saturated carbocycles. The largest absolute Gasteiger partial charge is 0.310 e. The number of rotatable bonds is 3. The molecule has 1 aliphatic carbocycles. The van der Waals surface area contributed by atoms with E-state index in [0.717, 1.165) is 17.1 Å². The molecule has 9 rings (SSSR count). The van der Waals surface area contributed by atoms with Crippen molar-refractivity contribution in [2.75, 3.05) is 4.90 Å². The van der Waals surface area contributed by atoms with E-state index in [2.05, 4.69) is 170 Å². The highest BCUT2D eigenvalue weighted by Crippen LogP contribution is 2.55. The molecule has 8 aromatic rings. The third kappa shape index (κ3) is 3.53. The zero-order valence-corrected chi connectivity index (χ0v) is 24.9. The Bertz CT molecular complexity index is 2420. The SMILES string of the molecule is CC1(C)c2ccccc2-c2c1c1ccccc1c1c2ccc2cc(N(c3ccccc3)c3ccc4ccccc4c3)ccc21. The van der Waals surface area contributed by atoms with E-state index < -0.39 is 0 Å². The van der Waals surface area contributed by atoms with Crippen LogP contribution in [-0.4, -0.2) is 0 Å². The standard InChI is InChI=1S/C43H31N/c1-43(2)39-19-11-10-18-37(39)41-38-24-21-30-27-33(23-25-34(30)40(38)35-16-8-9-17-36(35)42(41)43)44(31-14-4-3-5-15-31)32-22-20-28-12-6-7-13-29(28)26-32/h3-27H,1-2H3. The summed E-state index contributed by atoms with van der Waals surface area (Å²) in [6, 6.07) is 55.7. The molecule has 0 bridgehead atoms. The molecule has 0 aliphatic heterocycles. The molecule has 0 radical (unpaired) electrons. The van der Waals surface area contributed by atoms with Gasteiger partial charge in [-0.25, -0.2) is 0 Å². The number of nitrogens with zero attached hydrogens (tertiary/aromatic N) is 1. The second-order valence-corrected chi connectivity index (χ2v) is 12.6. The zero-order chi connectivity index (χ0) is 29.4. The maximum Gasteiger partial charge on any atom is 0.0468 e. The fourth-order valence-corrected chi connectivity index (χ4v) is 7.79. The van der Waals surface area contributed by atoms with Crippen molar-refractivity contribution in [2.45, 2.75) is 19.3 Å². The molecule has 0 saturated heterocycles. The Morgan fingerprint density at radius 1 is 0.432 bits per heavy atom. The zero-order valence-electron chi connectivity index (χ0n) is 24.9. The number of anilines is 3. The molecule has 1 heteroatoms. The number of benzene rings is 8. The van der Waals surface area contributed by atoms with Crippen LogP contribution in [-0.2, 0) is 5.41 Å². The first-order valence-corrected chi connectivity index (χ1v) is 15.5. The van der Waals surface area contributed by atoms with Crippen molar-refractivity contribution in [2.24, 2.45) is 0 Å². The van der Waals surface area contributed by atoms with E-state index in [1.54, 1.807) is 0 Å². The molecule has 208 valence electrons. The molecule has 44 heavy (non-hydrogen) atoms. The van der Waals surface area contributed by atoms with Gasteiger partial charge in [0.15, 0.2) is 0 Å². The monoisotopic (exact) mass is 561 g/mol. The van der Waals surface area contributed by atoms with Gasteiger partial charge in [0.25, 0.3) is 0 Å². The number of hydrogen-bond acceptors (Lipinski definition) is 1. The molecule has 0 aromatic heterocycles. The third-order valence-electron chi connectivity index (χ3n) is 9.75. The van der Waals surface area contributed by atoms with Gasteiger partial charge in [-0.05, 0) is 102 Å². The predicted octanol–water partition coefficient (Wildman–Crippen LogP) is 12.1. The lowest BCUT2D eigenvalue weighted by molar-refractivity contribution is 0.666. The van der Waals surface area contributed by atoms with Crippen LogP contribution in [0.2, 0.25) is 0 Å². The molecule has 0 unspecified atom stereocenters. The quantitative estimate of drug-likeness (QED) is 0.194. The number of hydrogen-bond donors (Lipinski definition) is 0. The van der Waals surface area contributed by atoms with Crippen LogP contribution in [0.5, 0.6) is 0 Å². The first-order chi connectivity index (χ1) is 21.6. The minimum absolute atomic E-state index is 0.0609. The summed E-state index contributed by atoms with van der Waals surface area (Å²) in [7, 11) is 0. The third-order valence-corrected chi connectivity index (χ3v) is 9.75. The van der Waals surface area contributed by atoms with Crippen LogP contribution < -0.4 is 4.90 Å². The summed E-state index contributed by atoms with van der Waals surface area (Å²) in [6.07, 6.45) is 0. The maximum atomic E-state index is 2.38. The Balaban J connectivity index is 1.32. The highest BCUT2D eigenvalue weighted by atomic mass is 15.1. The Kier molecular flexibility index (Phi) is 5.31. The number of fused-ring (bicyclic) bond motifs is 11. The van der Waals surface area contributed by atoms with E-state index in [4.69, 9.17) is 0 Å². The van der Waals surface area contributed by atoms with Gasteiger partial charge in [-0.3, -0.25) is 0 Å². The molecule has 0 N–H and O–H groups in total. The Labute approximate surface area is 257 Å². The smallest absolute Gasteiger partial charge is 0.0468 e. The summed E-state index contributed by atoms with van der Waals surface area (Å²) >= 11 is 0. The van der Waals surface area contributed by atoms with Gasteiger partial charge in [0.05, 0.1) is 0 Å². The first kappa shape index (κ1) is 25.1. The van der Waals surface area contributed by atoms with Crippen LogP contribution in [0, 0.1) is 0 Å². The molecule has 8 aromatic carbocycles. The van der Waals surface area contributed by atoms with Crippen molar-refractivity contribution in [3.63, 3.8) is 0 Å². The highest BCUT2D eigenvalue weighted by molar-refractivity contribution is 6.26. The summed E-state index contributed by atoms with van der Waals surface area (Å²) in [6.45, 7) is 4.77. The summed E-state index contributed by atoms with van der Waals surface area (Å²) < 4.78 is 0. The molecular weight excluding hydrogens is 530 g/mol. The topological polar surface area (TPSA) is 3.24 Å². The number of para-hydroxylation sites is 1. The van der Waals surface area contributed by atoms with Crippen molar-refractivity contribution >= 4 is 60.2 Å². The predicted molar refractivity (Wildman–Crippen MR) is 189 cm³/mol. The first-order valence-electron chi connectivity index (χ1n) is 15.5. The van der Waals surface area contributed by atoms with Gasteiger partial charge >= 0.3 is 0 Å². The second-order valence-electron chi connectivity index (χ2n) is 12.6. The highest BCUT2D eigenvalue weighted by Gasteiger charge is 2.38. The Morgan fingerprint density at radius 2 is 1.05 bits per heavy atom. The molecule has 0 fully saturated rings. The summed E-state index contributed by atoms with van der Waals surface area (Å²) in [4.78, 5) is 2.37. The van der Waals surface area contributed by atoms with Gasteiger partial charge in [0.1, 0.15) is 0 Å². The van der Waals surface area contributed by atoms with Crippen molar-refractivity contribution in [3.8, 4) is 11.1 Å². The van der Waals surface area contributed by atoms with E-state index in [-0.39, 0.29) is 5.41 Å². The van der Waals surface area contributed by atoms with E-state index >= 15 is 0 Å². The van der Waals surface area contributed by atoms with Gasteiger partial charge in [0, 0.05) is 22.5 Å². The summed E-state index contributed by atoms with van der Waals surface area (Å²) in [5.74, 6) is 0. The van der Waals surface area contributed by atoms with Crippen molar-refractivity contribution < 1.29 is 0 Å². The Morgan fingerprint density at radius 3 is 1.89 bits per heavy atom. The van der Waals surface area contributed by atoms with E-state index in [1.807, 2.05) is 0 Å². The molecule has 1 aliphatic rings. The van der Waals surface area contributed by atoms with Gasteiger partial charge in [-0.15, -0.1) is 0 Å². The van der Waals surface area contributed by atoms with Crippen molar-refractivity contribution in [1.82, 2.24) is 0 Å². The van der Waals surface area contributed by atoms with Crippen LogP contribution in [0.3, 0.4) is 0 Å². The van der Waals surface area contributed by atoms with Crippen LogP contribution in [0.1, 0.15) is 25.0 Å². The van der Waals surface area contributed by atoms with Gasteiger partial charge in [-0.1, -0.05) is 129 Å². The van der Waals surface area contributed by atoms with Crippen molar-refractivity contribution in [3.05, 3.63) is 163 Å². The van der Waals surface area contributed by atoms with E-state index in [0.29, 0.717) is 0 Å². The summed E-state index contributed by atoms with van der Waals surface area (Å²) in [5.41, 5.74) is 9.01. The lowest BCUT2D eigenvalue weighted by Crippen LogP contribution is -2.15. The minimum Gasteiger partial charge on any atom is -0.310 e. The molecule has 0 atom stereocenters. The fraction of sp³-hybridized carbons (Fsp3) is 0.0698. The molecule has 1 nitrogen and oxygen atoms in total. The average Bonchev–Trinajstić information content (AvgIpc) is 3.32. The van der Waals surface area contributed by atoms with Gasteiger partial charge in [0.2, 0.25) is 0 Å². The normalized spacial score (nSPS) is 13.4. The van der Waals surface area contributed by atoms with Gasteiger partial charge in [-0.2, -0.15) is 0 Å².